The van der Waals surface area contributed by atoms with E-state index < -0.39 is 0 Å². The molecule has 0 saturated carbocycles. The maximum absolute atomic E-state index is 11.2. The number of carbonyl (C=O) groups excluding carboxylic acids is 1. The lowest BCUT2D eigenvalue weighted by atomic mass is 10.00. The number of fused-ring (bicyclic) bond motifs is 2. The van der Waals surface area contributed by atoms with Crippen LogP contribution in [0.15, 0.2) is 83.0 Å². The van der Waals surface area contributed by atoms with Crippen molar-refractivity contribution >= 4 is 39.2 Å². The van der Waals surface area contributed by atoms with Crippen LogP contribution < -0.4 is 0 Å². The van der Waals surface area contributed by atoms with Crippen LogP contribution in [-0.2, 0) is 0 Å². The molecule has 0 atom stereocenters. The van der Waals surface area contributed by atoms with Crippen molar-refractivity contribution in [1.82, 2.24) is 0 Å². The van der Waals surface area contributed by atoms with Crippen molar-refractivity contribution in [2.75, 3.05) is 0 Å². The molecular formula is C21H14N2O2. The molecule has 25 heavy (non-hydrogen) atoms. The van der Waals surface area contributed by atoms with E-state index in [2.05, 4.69) is 10.2 Å². The topological polar surface area (TPSA) is 62.0 Å². The molecule has 0 aliphatic carbocycles. The van der Waals surface area contributed by atoms with E-state index in [-0.39, 0.29) is 5.75 Å². The molecule has 4 aromatic carbocycles. The van der Waals surface area contributed by atoms with E-state index in [4.69, 9.17) is 0 Å². The fourth-order valence-corrected chi connectivity index (χ4v) is 2.97. The number of rotatable bonds is 3. The molecule has 0 aliphatic rings. The van der Waals surface area contributed by atoms with Crippen molar-refractivity contribution in [3.8, 4) is 5.75 Å². The summed E-state index contributed by atoms with van der Waals surface area (Å²) < 4.78 is 0. The van der Waals surface area contributed by atoms with Gasteiger partial charge in [0.25, 0.3) is 0 Å². The van der Waals surface area contributed by atoms with Crippen molar-refractivity contribution in [2.45, 2.75) is 0 Å². The van der Waals surface area contributed by atoms with E-state index in [0.717, 1.165) is 27.8 Å². The predicted octanol–water partition coefficient (Wildman–Crippen LogP) is 5.93. The molecule has 4 heteroatoms. The number of nitrogens with zero attached hydrogens (tertiary/aromatic N) is 2. The number of carbonyl (C=O) groups is 1. The molecule has 120 valence electrons. The average Bonchev–Trinajstić information content (AvgIpc) is 2.68. The first-order valence-electron chi connectivity index (χ1n) is 7.88. The van der Waals surface area contributed by atoms with Gasteiger partial charge in [-0.1, -0.05) is 60.7 Å². The Hall–Kier alpha value is -3.53. The molecule has 0 bridgehead atoms. The Morgan fingerprint density at radius 2 is 1.20 bits per heavy atom. The second kappa shape index (κ2) is 6.17. The molecule has 0 aliphatic heterocycles. The fraction of sp³-hybridized carbons (Fsp3) is 0. The Morgan fingerprint density at radius 3 is 1.80 bits per heavy atom. The number of phenolic OH excluding ortho intramolecular Hbond substituents is 1. The van der Waals surface area contributed by atoms with Crippen LogP contribution in [-0.4, -0.2) is 11.4 Å². The second-order valence-electron chi connectivity index (χ2n) is 5.67. The van der Waals surface area contributed by atoms with Gasteiger partial charge in [-0.05, 0) is 12.1 Å². The van der Waals surface area contributed by atoms with Crippen LogP contribution in [0.2, 0.25) is 0 Å². The summed E-state index contributed by atoms with van der Waals surface area (Å²) in [4.78, 5) is 11.2. The Kier molecular flexibility index (Phi) is 3.71. The van der Waals surface area contributed by atoms with Crippen LogP contribution in [0.4, 0.5) is 11.4 Å². The largest absolute Gasteiger partial charge is 0.507 e. The lowest BCUT2D eigenvalue weighted by molar-refractivity contribution is 0.112. The molecule has 0 spiro atoms. The third kappa shape index (κ3) is 2.54. The molecule has 0 radical (unpaired) electrons. The predicted molar refractivity (Wildman–Crippen MR) is 99.1 cm³/mol. The quantitative estimate of drug-likeness (QED) is 0.288. The molecule has 0 aromatic heterocycles. The zero-order chi connectivity index (χ0) is 17.2. The van der Waals surface area contributed by atoms with Crippen molar-refractivity contribution in [1.29, 1.82) is 0 Å². The van der Waals surface area contributed by atoms with Gasteiger partial charge >= 0.3 is 0 Å². The minimum atomic E-state index is 0.235. The van der Waals surface area contributed by atoms with E-state index in [1.807, 2.05) is 54.6 Å². The molecule has 0 fully saturated rings. The van der Waals surface area contributed by atoms with E-state index in [1.54, 1.807) is 18.2 Å². The highest BCUT2D eigenvalue weighted by Crippen LogP contribution is 2.42. The van der Waals surface area contributed by atoms with Crippen molar-refractivity contribution in [3.05, 3.63) is 78.4 Å². The first kappa shape index (κ1) is 15.0. The van der Waals surface area contributed by atoms with Crippen molar-refractivity contribution in [2.24, 2.45) is 10.2 Å². The van der Waals surface area contributed by atoms with Gasteiger partial charge in [-0.25, -0.2) is 0 Å². The average molecular weight is 326 g/mol. The minimum absolute atomic E-state index is 0.235. The summed E-state index contributed by atoms with van der Waals surface area (Å²) in [6.07, 6.45) is 0.765. The maximum atomic E-state index is 11.2. The Morgan fingerprint density at radius 1 is 0.680 bits per heavy atom. The minimum Gasteiger partial charge on any atom is -0.507 e. The van der Waals surface area contributed by atoms with Crippen LogP contribution in [0, 0.1) is 0 Å². The van der Waals surface area contributed by atoms with Gasteiger partial charge in [0.15, 0.2) is 6.29 Å². The van der Waals surface area contributed by atoms with Gasteiger partial charge in [-0.3, -0.25) is 4.79 Å². The third-order valence-corrected chi connectivity index (χ3v) is 4.20. The molecule has 0 unspecified atom stereocenters. The first-order chi connectivity index (χ1) is 12.3. The summed E-state index contributed by atoms with van der Waals surface area (Å²) in [6, 6.07) is 22.1. The number of phenols is 1. The van der Waals surface area contributed by atoms with E-state index in [9.17, 15) is 9.90 Å². The highest BCUT2D eigenvalue weighted by atomic mass is 16.3. The summed E-state index contributed by atoms with van der Waals surface area (Å²) in [6.45, 7) is 0. The van der Waals surface area contributed by atoms with Crippen molar-refractivity contribution in [3.63, 3.8) is 0 Å². The van der Waals surface area contributed by atoms with Gasteiger partial charge in [0, 0.05) is 27.1 Å². The zero-order valence-corrected chi connectivity index (χ0v) is 13.3. The van der Waals surface area contributed by atoms with Crippen LogP contribution in [0.1, 0.15) is 10.4 Å². The molecule has 0 saturated heterocycles. The molecule has 4 rings (SSSR count). The van der Waals surface area contributed by atoms with Crippen LogP contribution >= 0.6 is 0 Å². The Balaban J connectivity index is 2.01. The normalized spacial score (nSPS) is 11.4. The zero-order valence-electron chi connectivity index (χ0n) is 13.3. The van der Waals surface area contributed by atoms with E-state index in [1.165, 1.54) is 0 Å². The number of aromatic hydroxyl groups is 1. The smallest absolute Gasteiger partial charge is 0.152 e. The van der Waals surface area contributed by atoms with Crippen LogP contribution in [0.25, 0.3) is 21.5 Å². The van der Waals surface area contributed by atoms with Crippen molar-refractivity contribution < 1.29 is 9.90 Å². The standard InChI is InChI=1S/C21H14N2O2/c24-13-14-7-1-6-12-19(14)22-23-20-15-8-2-4-10-17(15)21(25)18-11-5-3-9-16(18)20/h1-13,25H. The molecule has 4 aromatic rings. The van der Waals surface area contributed by atoms with E-state index >= 15 is 0 Å². The second-order valence-corrected chi connectivity index (χ2v) is 5.67. The summed E-state index contributed by atoms with van der Waals surface area (Å²) in [5.41, 5.74) is 1.67. The molecule has 0 amide bonds. The highest BCUT2D eigenvalue weighted by molar-refractivity contribution is 6.14. The van der Waals surface area contributed by atoms with Gasteiger partial charge in [-0.15, -0.1) is 10.2 Å². The summed E-state index contributed by atoms with van der Waals surface area (Å²) in [5, 5.41) is 22.4. The molecular weight excluding hydrogens is 312 g/mol. The number of aldehydes is 1. The SMILES string of the molecule is O=Cc1ccccc1N=Nc1c2ccccc2c(O)c2ccccc12. The van der Waals surface area contributed by atoms with Crippen LogP contribution in [0.5, 0.6) is 5.75 Å². The number of hydrogen-bond acceptors (Lipinski definition) is 4. The molecule has 4 nitrogen and oxygen atoms in total. The Bertz CT molecular complexity index is 1080. The summed E-state index contributed by atoms with van der Waals surface area (Å²) in [5.74, 6) is 0.235. The van der Waals surface area contributed by atoms with Gasteiger partial charge in [0.05, 0.1) is 5.69 Å². The highest BCUT2D eigenvalue weighted by Gasteiger charge is 2.12. The monoisotopic (exact) mass is 326 g/mol. The van der Waals surface area contributed by atoms with Crippen LogP contribution in [0.3, 0.4) is 0 Å². The molecule has 1 N–H and O–H groups in total. The molecule has 0 heterocycles. The number of hydrogen-bond donors (Lipinski definition) is 1. The fourth-order valence-electron chi connectivity index (χ4n) is 2.97. The van der Waals surface area contributed by atoms with Gasteiger partial charge in [0.1, 0.15) is 11.4 Å². The summed E-state index contributed by atoms with van der Waals surface area (Å²) >= 11 is 0. The lowest BCUT2D eigenvalue weighted by Crippen LogP contribution is -1.82. The Labute approximate surface area is 144 Å². The maximum Gasteiger partial charge on any atom is 0.152 e. The lowest BCUT2D eigenvalue weighted by Gasteiger charge is -2.09. The van der Waals surface area contributed by atoms with Gasteiger partial charge < -0.3 is 5.11 Å². The van der Waals surface area contributed by atoms with Gasteiger partial charge in [0.2, 0.25) is 0 Å². The van der Waals surface area contributed by atoms with E-state index in [0.29, 0.717) is 16.9 Å². The number of benzene rings is 4. The van der Waals surface area contributed by atoms with Gasteiger partial charge in [-0.2, -0.15) is 0 Å². The first-order valence-corrected chi connectivity index (χ1v) is 7.88. The summed E-state index contributed by atoms with van der Waals surface area (Å²) in [7, 11) is 0. The third-order valence-electron chi connectivity index (χ3n) is 4.20. The number of azo groups is 1.